The van der Waals surface area contributed by atoms with Crippen molar-refractivity contribution >= 4 is 45.5 Å². The number of aryl methyl sites for hydroxylation is 3. The zero-order valence-corrected chi connectivity index (χ0v) is 18.5. The molecular formula is C23H24NOSSi+. The van der Waals surface area contributed by atoms with Crippen LogP contribution in [-0.4, -0.2) is 8.07 Å². The molecule has 3 heterocycles. The van der Waals surface area contributed by atoms with E-state index in [-0.39, 0.29) is 0 Å². The van der Waals surface area contributed by atoms with Gasteiger partial charge in [-0.25, -0.2) is 4.57 Å². The predicted octanol–water partition coefficient (Wildman–Crippen LogP) is 5.81. The molecule has 1 aliphatic heterocycles. The summed E-state index contributed by atoms with van der Waals surface area (Å²) >= 11 is 1.81. The molecule has 0 saturated carbocycles. The lowest BCUT2D eigenvalue weighted by atomic mass is 9.92. The molecule has 0 bridgehead atoms. The molecule has 136 valence electrons. The summed E-state index contributed by atoms with van der Waals surface area (Å²) in [6, 6.07) is 9.15. The standard InChI is InChI=1S/C23H24NOSSi/c1-13-17-8-10-26-23(17)14(2)22-19(13)21-20-15(7-9-24(21)3)11-16(27(4,5)6)12-18(20)25-22/h7-12H,1-6H3/q+1. The second kappa shape index (κ2) is 5.43. The summed E-state index contributed by atoms with van der Waals surface area (Å²) in [4.78, 5) is 0. The minimum Gasteiger partial charge on any atom is -0.455 e. The van der Waals surface area contributed by atoms with Crippen LogP contribution in [-0.2, 0) is 7.05 Å². The summed E-state index contributed by atoms with van der Waals surface area (Å²) in [6.45, 7) is 11.6. The van der Waals surface area contributed by atoms with Crippen LogP contribution in [0.15, 0.2) is 35.8 Å². The number of nitrogens with zero attached hydrogens (tertiary/aromatic N) is 1. The summed E-state index contributed by atoms with van der Waals surface area (Å²) in [5.41, 5.74) is 5.09. The first-order valence-corrected chi connectivity index (χ1v) is 13.8. The van der Waals surface area contributed by atoms with Crippen molar-refractivity contribution in [3.8, 4) is 22.8 Å². The smallest absolute Gasteiger partial charge is 0.228 e. The maximum atomic E-state index is 6.64. The van der Waals surface area contributed by atoms with E-state index in [1.807, 2.05) is 0 Å². The van der Waals surface area contributed by atoms with E-state index in [1.54, 1.807) is 11.3 Å². The van der Waals surface area contributed by atoms with Gasteiger partial charge in [0.2, 0.25) is 5.69 Å². The molecule has 1 aliphatic rings. The van der Waals surface area contributed by atoms with E-state index in [1.165, 1.54) is 48.4 Å². The Morgan fingerprint density at radius 1 is 1.04 bits per heavy atom. The van der Waals surface area contributed by atoms with Crippen molar-refractivity contribution in [1.29, 1.82) is 0 Å². The Bertz CT molecular complexity index is 1260. The van der Waals surface area contributed by atoms with Crippen molar-refractivity contribution in [2.45, 2.75) is 33.5 Å². The van der Waals surface area contributed by atoms with Crippen LogP contribution in [0.1, 0.15) is 11.1 Å². The van der Waals surface area contributed by atoms with E-state index in [0.717, 1.165) is 11.5 Å². The van der Waals surface area contributed by atoms with E-state index in [4.69, 9.17) is 4.74 Å². The minimum absolute atomic E-state index is 1.02. The topological polar surface area (TPSA) is 13.1 Å². The molecule has 2 aromatic heterocycles. The summed E-state index contributed by atoms with van der Waals surface area (Å²) < 4.78 is 10.2. The molecule has 4 aromatic rings. The zero-order chi connectivity index (χ0) is 19.1. The molecule has 0 aliphatic carbocycles. The molecule has 0 N–H and O–H groups in total. The number of fused-ring (bicyclic) bond motifs is 3. The Morgan fingerprint density at radius 2 is 1.81 bits per heavy atom. The zero-order valence-electron chi connectivity index (χ0n) is 16.7. The summed E-state index contributed by atoms with van der Waals surface area (Å²) in [6.07, 6.45) is 2.19. The van der Waals surface area contributed by atoms with Gasteiger partial charge in [-0.1, -0.05) is 30.9 Å². The maximum absolute atomic E-state index is 6.64. The van der Waals surface area contributed by atoms with Crippen LogP contribution in [0.4, 0.5) is 0 Å². The van der Waals surface area contributed by atoms with Crippen molar-refractivity contribution in [2.75, 3.05) is 0 Å². The van der Waals surface area contributed by atoms with Gasteiger partial charge in [0.05, 0.1) is 19.0 Å². The van der Waals surface area contributed by atoms with Crippen LogP contribution >= 0.6 is 11.3 Å². The highest BCUT2D eigenvalue weighted by Gasteiger charge is 2.33. The molecule has 27 heavy (non-hydrogen) atoms. The molecule has 2 nitrogen and oxygen atoms in total. The fraction of sp³-hybridized carbons (Fsp3) is 0.261. The molecule has 0 amide bonds. The fourth-order valence-corrected chi connectivity index (χ4v) is 6.40. The largest absolute Gasteiger partial charge is 0.455 e. The minimum atomic E-state index is -1.44. The van der Waals surface area contributed by atoms with Gasteiger partial charge in [-0.2, -0.15) is 0 Å². The molecule has 4 heteroatoms. The first kappa shape index (κ1) is 17.0. The molecular weight excluding hydrogens is 366 g/mol. The van der Waals surface area contributed by atoms with Crippen molar-refractivity contribution in [1.82, 2.24) is 0 Å². The number of rotatable bonds is 1. The maximum Gasteiger partial charge on any atom is 0.228 e. The Hall–Kier alpha value is -2.17. The number of pyridine rings is 1. The van der Waals surface area contributed by atoms with Crippen LogP contribution in [0, 0.1) is 13.8 Å². The van der Waals surface area contributed by atoms with Crippen molar-refractivity contribution in [3.05, 3.63) is 47.0 Å². The first-order chi connectivity index (χ1) is 12.8. The molecule has 2 aromatic carbocycles. The van der Waals surface area contributed by atoms with Crippen LogP contribution in [0.5, 0.6) is 11.5 Å². The first-order valence-electron chi connectivity index (χ1n) is 9.43. The van der Waals surface area contributed by atoms with Gasteiger partial charge in [0.25, 0.3) is 0 Å². The third-order valence-corrected chi connectivity index (χ3v) is 8.92. The summed E-state index contributed by atoms with van der Waals surface area (Å²) in [5, 5.41) is 7.50. The van der Waals surface area contributed by atoms with Gasteiger partial charge in [-0.05, 0) is 47.7 Å². The SMILES string of the molecule is Cc1c2c(c(C)c3sccc13)Oc1cc([Si](C)(C)C)cc3cc[n+](C)c-2c13. The van der Waals surface area contributed by atoms with E-state index in [9.17, 15) is 0 Å². The van der Waals surface area contributed by atoms with Gasteiger partial charge >= 0.3 is 0 Å². The molecule has 0 saturated heterocycles. The number of thiophene rings is 1. The molecule has 0 unspecified atom stereocenters. The third-order valence-electron chi connectivity index (χ3n) is 5.87. The molecule has 0 atom stereocenters. The molecule has 5 rings (SSSR count). The van der Waals surface area contributed by atoms with Crippen molar-refractivity contribution in [2.24, 2.45) is 7.05 Å². The van der Waals surface area contributed by atoms with Crippen LogP contribution in [0.25, 0.3) is 32.1 Å². The quantitative estimate of drug-likeness (QED) is 0.260. The molecule has 0 fully saturated rings. The summed E-state index contributed by atoms with van der Waals surface area (Å²) in [7, 11) is 0.707. The fourth-order valence-electron chi connectivity index (χ4n) is 4.29. The molecule has 0 radical (unpaired) electrons. The number of ether oxygens (including phenoxy) is 1. The van der Waals surface area contributed by atoms with Gasteiger partial charge in [0.15, 0.2) is 6.20 Å². The number of hydrogen-bond acceptors (Lipinski definition) is 2. The van der Waals surface area contributed by atoms with Crippen LogP contribution in [0.2, 0.25) is 19.6 Å². The second-order valence-electron chi connectivity index (χ2n) is 8.68. The number of benzene rings is 2. The number of aromatic nitrogens is 1. The van der Waals surface area contributed by atoms with Crippen LogP contribution in [0.3, 0.4) is 0 Å². The summed E-state index contributed by atoms with van der Waals surface area (Å²) in [5.74, 6) is 2.05. The monoisotopic (exact) mass is 390 g/mol. The Labute approximate surface area is 165 Å². The normalized spacial score (nSPS) is 13.1. The second-order valence-corrected chi connectivity index (χ2v) is 14.7. The van der Waals surface area contributed by atoms with Crippen LogP contribution < -0.4 is 14.5 Å². The average molecular weight is 391 g/mol. The van der Waals surface area contributed by atoms with Gasteiger partial charge in [0, 0.05) is 16.3 Å². The average Bonchev–Trinajstić information content (AvgIpc) is 3.11. The van der Waals surface area contributed by atoms with Gasteiger partial charge < -0.3 is 4.74 Å². The van der Waals surface area contributed by atoms with Gasteiger partial charge in [0.1, 0.15) is 18.5 Å². The van der Waals surface area contributed by atoms with Crippen molar-refractivity contribution in [3.63, 3.8) is 0 Å². The number of hydrogen-bond donors (Lipinski definition) is 0. The predicted molar refractivity (Wildman–Crippen MR) is 118 cm³/mol. The lowest BCUT2D eigenvalue weighted by Gasteiger charge is -2.25. The lowest BCUT2D eigenvalue weighted by molar-refractivity contribution is -0.659. The molecule has 0 spiro atoms. The highest BCUT2D eigenvalue weighted by Crippen LogP contribution is 2.50. The van der Waals surface area contributed by atoms with Crippen molar-refractivity contribution < 1.29 is 9.30 Å². The Kier molecular flexibility index (Phi) is 3.41. The highest BCUT2D eigenvalue weighted by molar-refractivity contribution is 7.17. The van der Waals surface area contributed by atoms with Gasteiger partial charge in [-0.15, -0.1) is 11.3 Å². The van der Waals surface area contributed by atoms with Gasteiger partial charge in [-0.3, -0.25) is 0 Å². The highest BCUT2D eigenvalue weighted by atomic mass is 32.1. The third kappa shape index (κ3) is 2.26. The van der Waals surface area contributed by atoms with E-state index < -0.39 is 8.07 Å². The Morgan fingerprint density at radius 3 is 2.56 bits per heavy atom. The van der Waals surface area contributed by atoms with E-state index in [2.05, 4.69) is 80.9 Å². The van der Waals surface area contributed by atoms with E-state index >= 15 is 0 Å². The Balaban J connectivity index is 1.97. The van der Waals surface area contributed by atoms with E-state index in [0.29, 0.717) is 0 Å². The lowest BCUT2D eigenvalue weighted by Crippen LogP contribution is -2.38.